The third kappa shape index (κ3) is 5.48. The first-order valence-electron chi connectivity index (χ1n) is 7.64. The zero-order valence-electron chi connectivity index (χ0n) is 13.1. The molecule has 2 aromatic carbocycles. The number of benzene rings is 2. The Morgan fingerprint density at radius 1 is 1.04 bits per heavy atom. The average molecular weight is 309 g/mol. The Balaban J connectivity index is 1.84. The van der Waals surface area contributed by atoms with Crippen LogP contribution in [0, 0.1) is 11.3 Å². The third-order valence-corrected chi connectivity index (χ3v) is 3.29. The normalized spacial score (nSPS) is 9.91. The van der Waals surface area contributed by atoms with E-state index >= 15 is 0 Å². The molecule has 23 heavy (non-hydrogen) atoms. The van der Waals surface area contributed by atoms with Crippen molar-refractivity contribution in [1.82, 2.24) is 0 Å². The van der Waals surface area contributed by atoms with Crippen LogP contribution in [0.25, 0.3) is 0 Å². The van der Waals surface area contributed by atoms with Crippen molar-refractivity contribution >= 4 is 5.97 Å². The van der Waals surface area contributed by atoms with Gasteiger partial charge in [-0.15, -0.1) is 0 Å². The second-order valence-electron chi connectivity index (χ2n) is 5.04. The van der Waals surface area contributed by atoms with Crippen LogP contribution in [-0.2, 0) is 16.0 Å². The van der Waals surface area contributed by atoms with E-state index in [2.05, 4.69) is 6.07 Å². The Morgan fingerprint density at radius 2 is 1.65 bits per heavy atom. The van der Waals surface area contributed by atoms with Gasteiger partial charge < -0.3 is 9.47 Å². The third-order valence-electron chi connectivity index (χ3n) is 3.29. The first kappa shape index (κ1) is 16.6. The lowest BCUT2D eigenvalue weighted by Crippen LogP contribution is -2.03. The number of ether oxygens (including phenoxy) is 2. The summed E-state index contributed by atoms with van der Waals surface area (Å²) in [5, 5.41) is 8.76. The van der Waals surface area contributed by atoms with E-state index in [9.17, 15) is 4.79 Å². The highest BCUT2D eigenvalue weighted by atomic mass is 16.5. The van der Waals surface area contributed by atoms with Crippen molar-refractivity contribution in [3.05, 3.63) is 59.7 Å². The zero-order chi connectivity index (χ0) is 16.5. The van der Waals surface area contributed by atoms with Crippen LogP contribution < -0.4 is 4.74 Å². The molecule has 0 fully saturated rings. The van der Waals surface area contributed by atoms with Gasteiger partial charge in [-0.1, -0.05) is 12.1 Å². The van der Waals surface area contributed by atoms with Gasteiger partial charge in [-0.3, -0.25) is 4.79 Å². The molecule has 0 atom stereocenters. The summed E-state index contributed by atoms with van der Waals surface area (Å²) < 4.78 is 10.6. The van der Waals surface area contributed by atoms with Crippen LogP contribution in [0.2, 0.25) is 0 Å². The first-order valence-corrected chi connectivity index (χ1v) is 7.64. The molecule has 0 radical (unpaired) electrons. The maximum atomic E-state index is 11.3. The molecule has 0 saturated carbocycles. The van der Waals surface area contributed by atoms with Crippen LogP contribution in [0.5, 0.6) is 11.5 Å². The number of carbonyl (C=O) groups excluding carboxylic acids is 1. The Bertz CT molecular complexity index is 669. The summed E-state index contributed by atoms with van der Waals surface area (Å²) in [6.07, 6.45) is 2.04. The van der Waals surface area contributed by atoms with Gasteiger partial charge in [0, 0.05) is 6.42 Å². The molecule has 2 aromatic rings. The van der Waals surface area contributed by atoms with Gasteiger partial charge in [-0.25, -0.2) is 0 Å². The zero-order valence-corrected chi connectivity index (χ0v) is 13.1. The summed E-state index contributed by atoms with van der Waals surface area (Å²) in [6, 6.07) is 16.8. The highest BCUT2D eigenvalue weighted by Crippen LogP contribution is 2.22. The van der Waals surface area contributed by atoms with Crippen molar-refractivity contribution in [1.29, 1.82) is 5.26 Å². The molecule has 2 rings (SSSR count). The molecule has 0 aromatic heterocycles. The number of rotatable bonds is 7. The maximum Gasteiger partial charge on any atom is 0.305 e. The molecule has 0 bridgehead atoms. The van der Waals surface area contributed by atoms with Gasteiger partial charge in [0.05, 0.1) is 18.2 Å². The summed E-state index contributed by atoms with van der Waals surface area (Å²) in [5.41, 5.74) is 1.76. The Labute approximate surface area is 136 Å². The lowest BCUT2D eigenvalue weighted by Gasteiger charge is -2.07. The van der Waals surface area contributed by atoms with Gasteiger partial charge in [0.1, 0.15) is 11.5 Å². The summed E-state index contributed by atoms with van der Waals surface area (Å²) in [4.78, 5) is 11.3. The highest BCUT2D eigenvalue weighted by molar-refractivity contribution is 5.69. The predicted octanol–water partition coefficient (Wildman–Crippen LogP) is 4.24. The number of esters is 1. The molecule has 4 nitrogen and oxygen atoms in total. The molecule has 0 N–H and O–H groups in total. The van der Waals surface area contributed by atoms with Crippen molar-refractivity contribution in [2.75, 3.05) is 6.61 Å². The number of hydrogen-bond donors (Lipinski definition) is 0. The number of nitriles is 1. The van der Waals surface area contributed by atoms with Gasteiger partial charge in [-0.2, -0.15) is 5.26 Å². The second-order valence-corrected chi connectivity index (χ2v) is 5.04. The van der Waals surface area contributed by atoms with Gasteiger partial charge in [-0.05, 0) is 61.7 Å². The van der Waals surface area contributed by atoms with Crippen LogP contribution in [0.1, 0.15) is 30.9 Å². The molecule has 0 spiro atoms. The van der Waals surface area contributed by atoms with Crippen LogP contribution in [-0.4, -0.2) is 12.6 Å². The Morgan fingerprint density at radius 3 is 2.22 bits per heavy atom. The summed E-state index contributed by atoms with van der Waals surface area (Å²) in [7, 11) is 0. The molecule has 0 aliphatic carbocycles. The van der Waals surface area contributed by atoms with E-state index in [1.165, 1.54) is 0 Å². The smallest absolute Gasteiger partial charge is 0.305 e. The summed E-state index contributed by atoms with van der Waals surface area (Å²) in [5.74, 6) is 1.29. The second kappa shape index (κ2) is 8.60. The minimum atomic E-state index is -0.145. The lowest BCUT2D eigenvalue weighted by atomic mass is 10.1. The largest absolute Gasteiger partial charge is 0.466 e. The van der Waals surface area contributed by atoms with Gasteiger partial charge in [0.2, 0.25) is 0 Å². The van der Waals surface area contributed by atoms with Gasteiger partial charge in [0.15, 0.2) is 0 Å². The van der Waals surface area contributed by atoms with Crippen molar-refractivity contribution in [2.45, 2.75) is 26.2 Å². The molecule has 0 saturated heterocycles. The fourth-order valence-electron chi connectivity index (χ4n) is 2.13. The molecule has 0 amide bonds. The van der Waals surface area contributed by atoms with Crippen molar-refractivity contribution in [3.63, 3.8) is 0 Å². The molecule has 0 heterocycles. The average Bonchev–Trinajstić information content (AvgIpc) is 2.57. The molecule has 0 aliphatic rings. The monoisotopic (exact) mass is 309 g/mol. The predicted molar refractivity (Wildman–Crippen MR) is 87.2 cm³/mol. The molecule has 0 aliphatic heterocycles. The minimum Gasteiger partial charge on any atom is -0.466 e. The van der Waals surface area contributed by atoms with Crippen LogP contribution in [0.4, 0.5) is 0 Å². The van der Waals surface area contributed by atoms with Crippen molar-refractivity contribution < 1.29 is 14.3 Å². The maximum absolute atomic E-state index is 11.3. The van der Waals surface area contributed by atoms with E-state index in [0.717, 1.165) is 24.2 Å². The van der Waals surface area contributed by atoms with E-state index in [0.29, 0.717) is 24.3 Å². The van der Waals surface area contributed by atoms with E-state index in [-0.39, 0.29) is 5.97 Å². The van der Waals surface area contributed by atoms with E-state index in [4.69, 9.17) is 14.7 Å². The Hall–Kier alpha value is -2.80. The number of aryl methyl sites for hydroxylation is 1. The van der Waals surface area contributed by atoms with Crippen molar-refractivity contribution in [3.8, 4) is 17.6 Å². The lowest BCUT2D eigenvalue weighted by molar-refractivity contribution is -0.143. The summed E-state index contributed by atoms with van der Waals surface area (Å²) in [6.45, 7) is 2.24. The number of carbonyl (C=O) groups is 1. The molecular formula is C19H19NO3. The topological polar surface area (TPSA) is 59.3 Å². The number of hydrogen-bond acceptors (Lipinski definition) is 4. The van der Waals surface area contributed by atoms with E-state index in [1.807, 2.05) is 31.2 Å². The van der Waals surface area contributed by atoms with Crippen LogP contribution in [0.15, 0.2) is 48.5 Å². The van der Waals surface area contributed by atoms with Crippen LogP contribution >= 0.6 is 0 Å². The first-order chi connectivity index (χ1) is 11.2. The summed E-state index contributed by atoms with van der Waals surface area (Å²) >= 11 is 0. The van der Waals surface area contributed by atoms with Gasteiger partial charge in [0.25, 0.3) is 0 Å². The quantitative estimate of drug-likeness (QED) is 0.718. The van der Waals surface area contributed by atoms with Crippen LogP contribution in [0.3, 0.4) is 0 Å². The Kier molecular flexibility index (Phi) is 6.19. The van der Waals surface area contributed by atoms with E-state index < -0.39 is 0 Å². The molecule has 4 heteroatoms. The van der Waals surface area contributed by atoms with Gasteiger partial charge >= 0.3 is 5.97 Å². The fraction of sp³-hybridized carbons (Fsp3) is 0.263. The van der Waals surface area contributed by atoms with E-state index in [1.54, 1.807) is 24.3 Å². The highest BCUT2D eigenvalue weighted by Gasteiger charge is 2.03. The molecular weight excluding hydrogens is 290 g/mol. The fourth-order valence-corrected chi connectivity index (χ4v) is 2.13. The standard InChI is InChI=1S/C19H19NO3/c1-2-22-19(21)5-3-4-15-6-10-17(11-7-15)23-18-12-8-16(14-20)9-13-18/h6-13H,2-5H2,1H3. The SMILES string of the molecule is CCOC(=O)CCCc1ccc(Oc2ccc(C#N)cc2)cc1. The minimum absolute atomic E-state index is 0.145. The number of nitrogens with zero attached hydrogens (tertiary/aromatic N) is 1. The van der Waals surface area contributed by atoms with Crippen molar-refractivity contribution in [2.24, 2.45) is 0 Å². The molecule has 118 valence electrons. The molecule has 0 unspecified atom stereocenters.